The molecule has 242 valence electrons. The van der Waals surface area contributed by atoms with Gasteiger partial charge in [-0.25, -0.2) is 0 Å². The van der Waals surface area contributed by atoms with E-state index in [4.69, 9.17) is 5.73 Å². The second kappa shape index (κ2) is 19.1. The molecule has 0 rings (SSSR count). The molecular weight excluding hydrogens is 550 g/mol. The highest BCUT2D eigenvalue weighted by Gasteiger charge is 2.36. The number of carbonyl (C=O) groups excluding carboxylic acids is 7. The first-order valence-electron chi connectivity index (χ1n) is 14.4. The molecule has 0 fully saturated rings. The van der Waals surface area contributed by atoms with Crippen molar-refractivity contribution in [3.8, 4) is 0 Å². The molecule has 42 heavy (non-hydrogen) atoms. The minimum atomic E-state index is -1.33. The van der Waals surface area contributed by atoms with E-state index in [-0.39, 0.29) is 33.0 Å². The standard InChI is InChI=1S/C28H49N5O9.H2/c1-7-14(3)25(23(38)12-19(16(5)34)27(41)31-13-18(36)8-2)33-28(42)20(17(6)35)11-22(37)21(9-10-24(30)39)32-26(40)15(4)29;/h14-17,19-21,25,34-35H,7-13,29H2,1-6H3,(H2,30,39)(H,31,41)(H,32,40)(H,33,42);1H/p+1/t14-,15-,16?,17?,19-,20-,21-,25-;/m0./s1. The van der Waals surface area contributed by atoms with Crippen LogP contribution < -0.4 is 27.4 Å². The van der Waals surface area contributed by atoms with Gasteiger partial charge in [0, 0.05) is 27.1 Å². The Hall–Kier alpha value is -3.23. The summed E-state index contributed by atoms with van der Waals surface area (Å²) in [7, 11) is 0. The second-order valence-corrected chi connectivity index (χ2v) is 11.0. The number of hydrogen-bond acceptors (Lipinski definition) is 9. The Morgan fingerprint density at radius 3 is 1.79 bits per heavy atom. The van der Waals surface area contributed by atoms with E-state index in [0.717, 1.165) is 0 Å². The Morgan fingerprint density at radius 2 is 1.33 bits per heavy atom. The van der Waals surface area contributed by atoms with Gasteiger partial charge in [0.1, 0.15) is 0 Å². The highest BCUT2D eigenvalue weighted by atomic mass is 16.3. The normalized spacial score (nSPS) is 16.9. The molecule has 0 radical (unpaired) electrons. The van der Waals surface area contributed by atoms with Crippen LogP contribution in [0.3, 0.4) is 0 Å². The van der Waals surface area contributed by atoms with Crippen molar-refractivity contribution < 1.29 is 50.9 Å². The van der Waals surface area contributed by atoms with E-state index in [1.807, 2.05) is 0 Å². The van der Waals surface area contributed by atoms with Gasteiger partial charge in [0.15, 0.2) is 23.4 Å². The number of hydrogen-bond donors (Lipinski definition) is 7. The first-order chi connectivity index (χ1) is 19.5. The second-order valence-electron chi connectivity index (χ2n) is 11.0. The molecule has 0 aliphatic carbocycles. The van der Waals surface area contributed by atoms with Crippen LogP contribution in [0.5, 0.6) is 0 Å². The molecule has 0 aromatic heterocycles. The summed E-state index contributed by atoms with van der Waals surface area (Å²) in [5.41, 5.74) is 8.79. The zero-order valence-electron chi connectivity index (χ0n) is 25.6. The molecule has 10 N–H and O–H groups in total. The van der Waals surface area contributed by atoms with Crippen molar-refractivity contribution >= 4 is 41.0 Å². The number of quaternary nitrogens is 1. The fraction of sp³-hybridized carbons (Fsp3) is 0.750. The molecule has 4 amide bonds. The zero-order valence-corrected chi connectivity index (χ0v) is 25.6. The minimum absolute atomic E-state index is 0. The molecule has 0 saturated carbocycles. The fourth-order valence-corrected chi connectivity index (χ4v) is 4.06. The number of primary amides is 1. The average molecular weight is 603 g/mol. The number of ketones is 3. The van der Waals surface area contributed by atoms with Crippen LogP contribution in [-0.2, 0) is 33.6 Å². The van der Waals surface area contributed by atoms with Crippen LogP contribution >= 0.6 is 0 Å². The first kappa shape index (κ1) is 38.8. The maximum atomic E-state index is 13.4. The average Bonchev–Trinajstić information content (AvgIpc) is 2.92. The molecule has 0 bridgehead atoms. The number of carbonyl (C=O) groups is 7. The van der Waals surface area contributed by atoms with Crippen molar-refractivity contribution in [1.29, 1.82) is 0 Å². The largest absolute Gasteiger partial charge is 0.393 e. The summed E-state index contributed by atoms with van der Waals surface area (Å²) in [5.74, 6) is -7.00. The van der Waals surface area contributed by atoms with E-state index in [2.05, 4.69) is 21.7 Å². The summed E-state index contributed by atoms with van der Waals surface area (Å²) in [6.07, 6.45) is -3.14. The van der Waals surface area contributed by atoms with E-state index in [0.29, 0.717) is 6.42 Å². The van der Waals surface area contributed by atoms with Crippen molar-refractivity contribution in [3.05, 3.63) is 0 Å². The van der Waals surface area contributed by atoms with E-state index in [1.54, 1.807) is 20.8 Å². The third-order valence-corrected chi connectivity index (χ3v) is 7.22. The number of nitrogens with one attached hydrogen (secondary N) is 3. The monoisotopic (exact) mass is 602 g/mol. The van der Waals surface area contributed by atoms with Crippen LogP contribution in [0.15, 0.2) is 0 Å². The smallest absolute Gasteiger partial charge is 0.278 e. The summed E-state index contributed by atoms with van der Waals surface area (Å²) in [6.45, 7) is 9.05. The Morgan fingerprint density at radius 1 is 0.810 bits per heavy atom. The van der Waals surface area contributed by atoms with Gasteiger partial charge in [-0.1, -0.05) is 27.2 Å². The molecule has 0 aliphatic heterocycles. The van der Waals surface area contributed by atoms with E-state index < -0.39 is 96.1 Å². The number of Topliss-reactive ketones (excluding diaryl/α,β-unsaturated/α-hetero) is 3. The van der Waals surface area contributed by atoms with Crippen LogP contribution in [0.1, 0.15) is 81.5 Å². The molecule has 14 heteroatoms. The highest BCUT2D eigenvalue weighted by Crippen LogP contribution is 2.19. The molecule has 0 aliphatic rings. The quantitative estimate of drug-likeness (QED) is 0.0778. The van der Waals surface area contributed by atoms with Gasteiger partial charge in [-0.3, -0.25) is 33.6 Å². The topological polar surface area (TPSA) is 250 Å². The summed E-state index contributed by atoms with van der Waals surface area (Å²) < 4.78 is 0. The molecule has 0 aromatic carbocycles. The number of aliphatic hydroxyl groups excluding tert-OH is 2. The number of nitrogens with two attached hydrogens (primary N) is 1. The van der Waals surface area contributed by atoms with Crippen LogP contribution in [0, 0.1) is 17.8 Å². The molecule has 2 unspecified atom stereocenters. The Labute approximate surface area is 248 Å². The van der Waals surface area contributed by atoms with Crippen LogP contribution in [-0.4, -0.2) is 88.1 Å². The molecular formula is C28H52N5O9+. The van der Waals surface area contributed by atoms with Crippen LogP contribution in [0.4, 0.5) is 0 Å². The fourth-order valence-electron chi connectivity index (χ4n) is 4.06. The molecule has 0 saturated heterocycles. The third-order valence-electron chi connectivity index (χ3n) is 7.22. The Bertz CT molecular complexity index is 974. The first-order valence-corrected chi connectivity index (χ1v) is 14.4. The molecule has 0 aromatic rings. The summed E-state index contributed by atoms with van der Waals surface area (Å²) in [4.78, 5) is 87.5. The van der Waals surface area contributed by atoms with Gasteiger partial charge in [0.25, 0.3) is 5.91 Å². The van der Waals surface area contributed by atoms with Gasteiger partial charge >= 0.3 is 0 Å². The van der Waals surface area contributed by atoms with Crippen molar-refractivity contribution in [1.82, 2.24) is 16.0 Å². The lowest BCUT2D eigenvalue weighted by Crippen LogP contribution is -2.67. The SMILES string of the molecule is CCC(=O)CNC(=O)[C@@H](CC(=O)[C@@H](NC(=O)[C@@H](CC(=O)[C@H](CCC(N)=O)NC(=O)[C@H](C)[NH3+])C(C)O)[C@@H](C)CC)C(C)O.[HH]. The van der Waals surface area contributed by atoms with Crippen molar-refractivity contribution in [2.75, 3.05) is 6.54 Å². The van der Waals surface area contributed by atoms with E-state index >= 15 is 0 Å². The third kappa shape index (κ3) is 13.6. The molecule has 0 heterocycles. The number of rotatable bonds is 21. The van der Waals surface area contributed by atoms with Gasteiger partial charge in [-0.15, -0.1) is 0 Å². The van der Waals surface area contributed by atoms with Crippen molar-refractivity contribution in [2.45, 2.75) is 110 Å². The van der Waals surface area contributed by atoms with Gasteiger partial charge < -0.3 is 37.6 Å². The minimum Gasteiger partial charge on any atom is -0.393 e. The van der Waals surface area contributed by atoms with Crippen molar-refractivity contribution in [2.24, 2.45) is 23.5 Å². The number of aliphatic hydroxyl groups is 2. The predicted molar refractivity (Wildman–Crippen MR) is 154 cm³/mol. The summed E-state index contributed by atoms with van der Waals surface area (Å²) >= 11 is 0. The lowest BCUT2D eigenvalue weighted by Gasteiger charge is -2.29. The lowest BCUT2D eigenvalue weighted by molar-refractivity contribution is -0.398. The summed E-state index contributed by atoms with van der Waals surface area (Å²) in [5, 5.41) is 28.1. The van der Waals surface area contributed by atoms with E-state index in [1.165, 1.54) is 20.8 Å². The van der Waals surface area contributed by atoms with Crippen molar-refractivity contribution in [3.63, 3.8) is 0 Å². The maximum Gasteiger partial charge on any atom is 0.278 e. The van der Waals surface area contributed by atoms with Gasteiger partial charge in [-0.05, 0) is 33.1 Å². The maximum absolute atomic E-state index is 13.4. The highest BCUT2D eigenvalue weighted by molar-refractivity contribution is 5.96. The Balaban J connectivity index is 0. The molecule has 0 spiro atoms. The lowest BCUT2D eigenvalue weighted by atomic mass is 9.86. The zero-order chi connectivity index (χ0) is 32.7. The van der Waals surface area contributed by atoms with Gasteiger partial charge in [0.2, 0.25) is 17.7 Å². The van der Waals surface area contributed by atoms with E-state index in [9.17, 15) is 43.8 Å². The summed E-state index contributed by atoms with van der Waals surface area (Å²) in [6, 6.07) is -2.96. The van der Waals surface area contributed by atoms with Crippen LogP contribution in [0.2, 0.25) is 0 Å². The predicted octanol–water partition coefficient (Wildman–Crippen LogP) is -1.85. The Kier molecular flexibility index (Phi) is 17.6. The molecule has 14 nitrogen and oxygen atoms in total. The van der Waals surface area contributed by atoms with Crippen LogP contribution in [0.25, 0.3) is 0 Å². The molecule has 8 atom stereocenters. The van der Waals surface area contributed by atoms with Gasteiger partial charge in [-0.2, -0.15) is 0 Å². The number of amides is 4. The van der Waals surface area contributed by atoms with Gasteiger partial charge in [0.05, 0.1) is 42.7 Å².